The molecule has 1 aliphatic rings. The number of H-pyrrole nitrogens is 1. The summed E-state index contributed by atoms with van der Waals surface area (Å²) < 4.78 is 19.0. The second kappa shape index (κ2) is 9.77. The van der Waals surface area contributed by atoms with Crippen molar-refractivity contribution in [2.24, 2.45) is 0 Å². The van der Waals surface area contributed by atoms with Gasteiger partial charge in [0, 0.05) is 56.1 Å². The number of aryl methyl sites for hydroxylation is 1. The number of hydrogen-bond donors (Lipinski definition) is 1. The Morgan fingerprint density at radius 3 is 3.00 bits per heavy atom. The molecule has 0 amide bonds. The summed E-state index contributed by atoms with van der Waals surface area (Å²) in [5, 5.41) is 12.0. The number of aromatic amines is 1. The van der Waals surface area contributed by atoms with Crippen LogP contribution in [-0.4, -0.2) is 58.3 Å². The van der Waals surface area contributed by atoms with E-state index in [0.717, 1.165) is 55.5 Å². The Bertz CT molecular complexity index is 938. The van der Waals surface area contributed by atoms with E-state index in [1.807, 2.05) is 35.1 Å². The van der Waals surface area contributed by atoms with Crippen molar-refractivity contribution >= 4 is 0 Å². The van der Waals surface area contributed by atoms with E-state index in [1.54, 1.807) is 7.11 Å². The summed E-state index contributed by atoms with van der Waals surface area (Å²) in [6, 6.07) is 9.71. The maximum atomic E-state index is 5.98. The Morgan fingerprint density at radius 1 is 1.27 bits per heavy atom. The van der Waals surface area contributed by atoms with E-state index in [1.165, 1.54) is 5.56 Å². The quantitative estimate of drug-likeness (QED) is 0.583. The molecule has 0 spiro atoms. The number of methoxy groups -OCH3 is 1. The van der Waals surface area contributed by atoms with Crippen LogP contribution in [0, 0.1) is 0 Å². The number of hydrogen-bond acceptors (Lipinski definition) is 6. The third kappa shape index (κ3) is 5.20. The number of nitrogens with zero attached hydrogens (tertiary/aromatic N) is 4. The van der Waals surface area contributed by atoms with Gasteiger partial charge in [-0.05, 0) is 25.1 Å². The molecule has 1 atom stereocenters. The predicted molar refractivity (Wildman–Crippen MR) is 113 cm³/mol. The minimum absolute atomic E-state index is 0.0238. The highest BCUT2D eigenvalue weighted by Crippen LogP contribution is 2.23. The summed E-state index contributed by atoms with van der Waals surface area (Å²) in [5.74, 6) is 1.59. The van der Waals surface area contributed by atoms with Crippen LogP contribution in [0.15, 0.2) is 42.7 Å². The maximum Gasteiger partial charge on any atom is 0.123 e. The fourth-order valence-corrected chi connectivity index (χ4v) is 3.59. The van der Waals surface area contributed by atoms with Gasteiger partial charge in [0.1, 0.15) is 17.6 Å². The van der Waals surface area contributed by atoms with E-state index in [-0.39, 0.29) is 6.10 Å². The topological polar surface area (TPSA) is 77.4 Å². The predicted octanol–water partition coefficient (Wildman–Crippen LogP) is 2.83. The van der Waals surface area contributed by atoms with Gasteiger partial charge < -0.3 is 14.2 Å². The van der Waals surface area contributed by atoms with Crippen LogP contribution in [-0.2, 0) is 24.2 Å². The van der Waals surface area contributed by atoms with Gasteiger partial charge in [-0.15, -0.1) is 0 Å². The normalized spacial score (nSPS) is 17.2. The van der Waals surface area contributed by atoms with E-state index in [0.29, 0.717) is 13.2 Å². The van der Waals surface area contributed by atoms with E-state index >= 15 is 0 Å². The first-order valence-corrected chi connectivity index (χ1v) is 10.4. The van der Waals surface area contributed by atoms with Crippen LogP contribution >= 0.6 is 0 Å². The fourth-order valence-electron chi connectivity index (χ4n) is 3.59. The highest BCUT2D eigenvalue weighted by molar-refractivity contribution is 5.32. The largest absolute Gasteiger partial charge is 0.497 e. The Hall–Kier alpha value is -2.84. The summed E-state index contributed by atoms with van der Waals surface area (Å²) in [7, 11) is 1.65. The SMILES string of the molecule is CCn1cc(CN2CCO[C@H](c3cc(CCOc4cccc(OC)c4)[nH]n3)C2)cn1. The lowest BCUT2D eigenvalue weighted by Crippen LogP contribution is -2.37. The summed E-state index contributed by atoms with van der Waals surface area (Å²) in [6.07, 6.45) is 4.78. The zero-order chi connectivity index (χ0) is 20.8. The monoisotopic (exact) mass is 411 g/mol. The zero-order valence-electron chi connectivity index (χ0n) is 17.6. The first kappa shape index (κ1) is 20.4. The molecule has 160 valence electrons. The molecular weight excluding hydrogens is 382 g/mol. The molecule has 1 fully saturated rings. The van der Waals surface area contributed by atoms with E-state index < -0.39 is 0 Å². The Kier molecular flexibility index (Phi) is 6.66. The average molecular weight is 412 g/mol. The second-order valence-electron chi connectivity index (χ2n) is 7.39. The molecule has 0 radical (unpaired) electrons. The van der Waals surface area contributed by atoms with Gasteiger partial charge in [0.05, 0.1) is 32.2 Å². The molecule has 0 aliphatic carbocycles. The van der Waals surface area contributed by atoms with Gasteiger partial charge in [-0.25, -0.2) is 0 Å². The summed E-state index contributed by atoms with van der Waals surface area (Å²) in [5.41, 5.74) is 3.22. The molecule has 1 aromatic carbocycles. The molecule has 0 bridgehead atoms. The van der Waals surface area contributed by atoms with Crippen LogP contribution in [0.3, 0.4) is 0 Å². The molecule has 0 unspecified atom stereocenters. The van der Waals surface area contributed by atoms with Crippen LogP contribution in [0.4, 0.5) is 0 Å². The maximum absolute atomic E-state index is 5.98. The third-order valence-corrected chi connectivity index (χ3v) is 5.23. The standard InChI is InChI=1S/C22H29N5O3/c1-3-27-15-17(13-23-27)14-26-8-10-30-22(16-26)21-11-18(24-25-21)7-9-29-20-6-4-5-19(12-20)28-2/h4-6,11-13,15,22H,3,7-10,14,16H2,1-2H3,(H,24,25)/t22-/m0/s1. The minimum atomic E-state index is -0.0238. The lowest BCUT2D eigenvalue weighted by molar-refractivity contribution is -0.0350. The van der Waals surface area contributed by atoms with Crippen LogP contribution in [0.2, 0.25) is 0 Å². The summed E-state index contributed by atoms with van der Waals surface area (Å²) >= 11 is 0. The van der Waals surface area contributed by atoms with Gasteiger partial charge in [0.15, 0.2) is 0 Å². The summed E-state index contributed by atoms with van der Waals surface area (Å²) in [4.78, 5) is 2.39. The molecule has 8 nitrogen and oxygen atoms in total. The molecule has 0 saturated carbocycles. The van der Waals surface area contributed by atoms with Crippen molar-refractivity contribution < 1.29 is 14.2 Å². The zero-order valence-corrected chi connectivity index (χ0v) is 17.6. The number of benzene rings is 1. The van der Waals surface area contributed by atoms with Crippen molar-refractivity contribution in [1.82, 2.24) is 24.9 Å². The highest BCUT2D eigenvalue weighted by Gasteiger charge is 2.24. The van der Waals surface area contributed by atoms with Crippen molar-refractivity contribution in [3.05, 3.63) is 59.7 Å². The van der Waals surface area contributed by atoms with Crippen molar-refractivity contribution in [2.75, 3.05) is 33.4 Å². The van der Waals surface area contributed by atoms with Crippen LogP contribution in [0.5, 0.6) is 11.5 Å². The van der Waals surface area contributed by atoms with Crippen LogP contribution in [0.1, 0.15) is 30.0 Å². The lowest BCUT2D eigenvalue weighted by atomic mass is 10.1. The van der Waals surface area contributed by atoms with Gasteiger partial charge in [0.2, 0.25) is 0 Å². The summed E-state index contributed by atoms with van der Waals surface area (Å²) in [6.45, 7) is 6.87. The Labute approximate surface area is 176 Å². The van der Waals surface area contributed by atoms with Crippen molar-refractivity contribution in [3.8, 4) is 11.5 Å². The number of rotatable bonds is 9. The average Bonchev–Trinajstić information content (AvgIpc) is 3.44. The highest BCUT2D eigenvalue weighted by atomic mass is 16.5. The molecule has 30 heavy (non-hydrogen) atoms. The van der Waals surface area contributed by atoms with Crippen LogP contribution in [0.25, 0.3) is 0 Å². The molecule has 2 aromatic heterocycles. The van der Waals surface area contributed by atoms with Crippen molar-refractivity contribution in [3.63, 3.8) is 0 Å². The molecule has 3 aromatic rings. The van der Waals surface area contributed by atoms with Crippen molar-refractivity contribution in [2.45, 2.75) is 32.5 Å². The van der Waals surface area contributed by atoms with Gasteiger partial charge >= 0.3 is 0 Å². The first-order chi connectivity index (χ1) is 14.7. The van der Waals surface area contributed by atoms with Crippen LogP contribution < -0.4 is 9.47 Å². The molecule has 8 heteroatoms. The Morgan fingerprint density at radius 2 is 2.17 bits per heavy atom. The van der Waals surface area contributed by atoms with Gasteiger partial charge in [-0.2, -0.15) is 10.2 Å². The number of morpholine rings is 1. The number of aromatic nitrogens is 4. The molecule has 4 rings (SSSR count). The minimum Gasteiger partial charge on any atom is -0.497 e. The lowest BCUT2D eigenvalue weighted by Gasteiger charge is -2.31. The molecule has 3 heterocycles. The van der Waals surface area contributed by atoms with Crippen molar-refractivity contribution in [1.29, 1.82) is 0 Å². The van der Waals surface area contributed by atoms with E-state index in [9.17, 15) is 0 Å². The van der Waals surface area contributed by atoms with Gasteiger partial charge in [-0.3, -0.25) is 14.7 Å². The first-order valence-electron chi connectivity index (χ1n) is 10.4. The second-order valence-corrected chi connectivity index (χ2v) is 7.39. The smallest absolute Gasteiger partial charge is 0.123 e. The molecule has 1 N–H and O–H groups in total. The Balaban J connectivity index is 1.28. The van der Waals surface area contributed by atoms with Gasteiger partial charge in [0.25, 0.3) is 0 Å². The molecular formula is C22H29N5O3. The van der Waals surface area contributed by atoms with E-state index in [4.69, 9.17) is 14.2 Å². The number of nitrogens with one attached hydrogen (secondary N) is 1. The van der Waals surface area contributed by atoms with Gasteiger partial charge in [-0.1, -0.05) is 6.07 Å². The molecule has 1 aliphatic heterocycles. The molecule has 1 saturated heterocycles. The third-order valence-electron chi connectivity index (χ3n) is 5.23. The van der Waals surface area contributed by atoms with E-state index in [2.05, 4.69) is 39.4 Å². The fraction of sp³-hybridized carbons (Fsp3) is 0.455. The number of ether oxygens (including phenoxy) is 3.